The first-order valence-corrected chi connectivity index (χ1v) is 14.7. The van der Waals surface area contributed by atoms with E-state index in [1.807, 2.05) is 65.4 Å². The zero-order valence-electron chi connectivity index (χ0n) is 22.7. The van der Waals surface area contributed by atoms with E-state index in [1.165, 1.54) is 0 Å². The number of rotatable bonds is 13. The van der Waals surface area contributed by atoms with Gasteiger partial charge in [-0.3, -0.25) is 4.79 Å². The Morgan fingerprint density at radius 2 is 1.51 bits per heavy atom. The molecule has 3 aromatic rings. The molecule has 1 aromatic carbocycles. The summed E-state index contributed by atoms with van der Waals surface area (Å²) in [5, 5.41) is 9.48. The first-order valence-electron chi connectivity index (χ1n) is 13.0. The molecule has 2 heterocycles. The Morgan fingerprint density at radius 3 is 2.08 bits per heavy atom. The zero-order chi connectivity index (χ0) is 28.1. The van der Waals surface area contributed by atoms with Crippen LogP contribution in [0.25, 0.3) is 0 Å². The van der Waals surface area contributed by atoms with Crippen molar-refractivity contribution in [2.24, 2.45) is 0 Å². The standard InChI is InChI=1S/C29H37N3O5S2/c1-29(2,3)37-28(35)31-25(15-7-8-16-36-27(34)30-19-22-11-5-4-6-12-22)26(33)32(20-23-13-9-17-38-23)21-24-14-10-18-39-24/h4-6,9-14,17-18,25H,7-8,15-16,19-21H2,1-3H3,(H,30,34)(H,31,35)/t25-/m1/s1. The summed E-state index contributed by atoms with van der Waals surface area (Å²) in [4.78, 5) is 42.3. The third-order valence-corrected chi connectivity index (χ3v) is 7.28. The Morgan fingerprint density at radius 1 is 0.872 bits per heavy atom. The Hall–Kier alpha value is -3.37. The number of benzene rings is 1. The smallest absolute Gasteiger partial charge is 0.408 e. The van der Waals surface area contributed by atoms with Gasteiger partial charge in [0.2, 0.25) is 5.91 Å². The number of alkyl carbamates (subject to hydrolysis) is 2. The van der Waals surface area contributed by atoms with Crippen molar-refractivity contribution >= 4 is 40.8 Å². The second kappa shape index (κ2) is 15.3. The number of nitrogens with zero attached hydrogens (tertiary/aromatic N) is 1. The van der Waals surface area contributed by atoms with Gasteiger partial charge in [0.05, 0.1) is 19.7 Å². The van der Waals surface area contributed by atoms with Crippen LogP contribution in [0.4, 0.5) is 9.59 Å². The van der Waals surface area contributed by atoms with Crippen molar-refractivity contribution in [3.8, 4) is 0 Å². The van der Waals surface area contributed by atoms with Crippen LogP contribution in [0, 0.1) is 0 Å². The summed E-state index contributed by atoms with van der Waals surface area (Å²) in [6, 6.07) is 16.7. The van der Waals surface area contributed by atoms with E-state index in [0.717, 1.165) is 15.3 Å². The number of unbranched alkanes of at least 4 members (excludes halogenated alkanes) is 1. The number of nitrogens with one attached hydrogen (secondary N) is 2. The second-order valence-corrected chi connectivity index (χ2v) is 12.1. The Kier molecular flexibility index (Phi) is 11.8. The molecule has 0 radical (unpaired) electrons. The third kappa shape index (κ3) is 11.5. The van der Waals surface area contributed by atoms with Crippen molar-refractivity contribution in [1.82, 2.24) is 15.5 Å². The maximum Gasteiger partial charge on any atom is 0.408 e. The van der Waals surface area contributed by atoms with Gasteiger partial charge in [-0.05, 0) is 68.5 Å². The summed E-state index contributed by atoms with van der Waals surface area (Å²) < 4.78 is 10.7. The van der Waals surface area contributed by atoms with Crippen LogP contribution >= 0.6 is 22.7 Å². The molecule has 0 aliphatic carbocycles. The zero-order valence-corrected chi connectivity index (χ0v) is 24.3. The van der Waals surface area contributed by atoms with Gasteiger partial charge in [0.1, 0.15) is 11.6 Å². The van der Waals surface area contributed by atoms with Crippen LogP contribution in [-0.4, -0.2) is 41.2 Å². The minimum absolute atomic E-state index is 0.177. The molecule has 0 spiro atoms. The van der Waals surface area contributed by atoms with Gasteiger partial charge in [-0.15, -0.1) is 22.7 Å². The van der Waals surface area contributed by atoms with Crippen LogP contribution in [0.5, 0.6) is 0 Å². The van der Waals surface area contributed by atoms with Crippen molar-refractivity contribution in [3.05, 3.63) is 80.7 Å². The number of thiophene rings is 2. The molecule has 0 bridgehead atoms. The lowest BCUT2D eigenvalue weighted by Crippen LogP contribution is -2.49. The van der Waals surface area contributed by atoms with Gasteiger partial charge in [0.25, 0.3) is 0 Å². The Bertz CT molecular complexity index is 1110. The predicted octanol–water partition coefficient (Wildman–Crippen LogP) is 6.33. The largest absolute Gasteiger partial charge is 0.450 e. The molecule has 210 valence electrons. The average molecular weight is 572 g/mol. The predicted molar refractivity (Wildman–Crippen MR) is 155 cm³/mol. The maximum absolute atomic E-state index is 13.8. The van der Waals surface area contributed by atoms with Crippen molar-refractivity contribution in [2.75, 3.05) is 6.61 Å². The van der Waals surface area contributed by atoms with Gasteiger partial charge < -0.3 is 25.0 Å². The van der Waals surface area contributed by atoms with Crippen LogP contribution in [0.3, 0.4) is 0 Å². The van der Waals surface area contributed by atoms with Gasteiger partial charge in [-0.25, -0.2) is 9.59 Å². The summed E-state index contributed by atoms with van der Waals surface area (Å²) >= 11 is 3.17. The van der Waals surface area contributed by atoms with E-state index in [4.69, 9.17) is 9.47 Å². The van der Waals surface area contributed by atoms with Gasteiger partial charge in [-0.2, -0.15) is 0 Å². The second-order valence-electron chi connectivity index (χ2n) is 10.0. The molecule has 10 heteroatoms. The first-order chi connectivity index (χ1) is 18.7. The molecule has 0 aliphatic heterocycles. The highest BCUT2D eigenvalue weighted by Gasteiger charge is 2.28. The molecule has 0 unspecified atom stereocenters. The SMILES string of the molecule is CC(C)(C)OC(=O)N[C@H](CCCCOC(=O)NCc1ccccc1)C(=O)N(Cc1cccs1)Cc1cccs1. The maximum atomic E-state index is 13.8. The quantitative estimate of drug-likeness (QED) is 0.234. The minimum Gasteiger partial charge on any atom is -0.450 e. The lowest BCUT2D eigenvalue weighted by molar-refractivity contribution is -0.135. The minimum atomic E-state index is -0.772. The van der Waals surface area contributed by atoms with Crippen LogP contribution < -0.4 is 10.6 Å². The number of hydrogen-bond acceptors (Lipinski definition) is 7. The fourth-order valence-electron chi connectivity index (χ4n) is 3.76. The average Bonchev–Trinajstić information content (AvgIpc) is 3.60. The summed E-state index contributed by atoms with van der Waals surface area (Å²) in [7, 11) is 0. The van der Waals surface area contributed by atoms with Crippen LogP contribution in [-0.2, 0) is 33.9 Å². The molecule has 0 saturated heterocycles. The normalized spacial score (nSPS) is 11.9. The molecule has 3 amide bonds. The molecule has 0 saturated carbocycles. The number of hydrogen-bond donors (Lipinski definition) is 2. The molecular formula is C29H37N3O5S2. The number of carbonyl (C=O) groups is 3. The van der Waals surface area contributed by atoms with Crippen LogP contribution in [0.2, 0.25) is 0 Å². The van der Waals surface area contributed by atoms with Crippen LogP contribution in [0.15, 0.2) is 65.4 Å². The highest BCUT2D eigenvalue weighted by Crippen LogP contribution is 2.19. The summed E-state index contributed by atoms with van der Waals surface area (Å²) in [5.74, 6) is -0.177. The van der Waals surface area contributed by atoms with Crippen molar-refractivity contribution in [2.45, 2.75) is 71.3 Å². The Labute approximate surface area is 238 Å². The monoisotopic (exact) mass is 571 g/mol. The number of ether oxygens (including phenoxy) is 2. The molecule has 2 aromatic heterocycles. The summed E-state index contributed by atoms with van der Waals surface area (Å²) in [6.07, 6.45) is 0.387. The fourth-order valence-corrected chi connectivity index (χ4v) is 5.20. The first kappa shape index (κ1) is 30.2. The van der Waals surface area contributed by atoms with Gasteiger partial charge in [-0.1, -0.05) is 42.5 Å². The highest BCUT2D eigenvalue weighted by atomic mass is 32.1. The van der Waals surface area contributed by atoms with E-state index in [9.17, 15) is 14.4 Å². The van der Waals surface area contributed by atoms with Gasteiger partial charge in [0.15, 0.2) is 0 Å². The number of carbonyl (C=O) groups excluding carboxylic acids is 3. The third-order valence-electron chi connectivity index (χ3n) is 5.55. The molecule has 1 atom stereocenters. The molecule has 0 aliphatic rings. The van der Waals surface area contributed by atoms with Crippen molar-refractivity contribution < 1.29 is 23.9 Å². The topological polar surface area (TPSA) is 97.0 Å². The molecule has 8 nitrogen and oxygen atoms in total. The lowest BCUT2D eigenvalue weighted by Gasteiger charge is -2.28. The van der Waals surface area contributed by atoms with Crippen molar-refractivity contribution in [3.63, 3.8) is 0 Å². The van der Waals surface area contributed by atoms with E-state index in [1.54, 1.807) is 48.3 Å². The van der Waals surface area contributed by atoms with E-state index in [2.05, 4.69) is 10.6 Å². The molecule has 39 heavy (non-hydrogen) atoms. The van der Waals surface area contributed by atoms with E-state index >= 15 is 0 Å². The lowest BCUT2D eigenvalue weighted by atomic mass is 10.1. The highest BCUT2D eigenvalue weighted by molar-refractivity contribution is 7.10. The Balaban J connectivity index is 1.57. The molecule has 2 N–H and O–H groups in total. The van der Waals surface area contributed by atoms with E-state index in [0.29, 0.717) is 38.9 Å². The molecular weight excluding hydrogens is 534 g/mol. The number of amides is 3. The summed E-state index contributed by atoms with van der Waals surface area (Å²) in [5.41, 5.74) is 0.297. The van der Waals surface area contributed by atoms with Gasteiger partial charge >= 0.3 is 12.2 Å². The van der Waals surface area contributed by atoms with Crippen molar-refractivity contribution in [1.29, 1.82) is 0 Å². The van der Waals surface area contributed by atoms with E-state index in [-0.39, 0.29) is 12.5 Å². The van der Waals surface area contributed by atoms with E-state index < -0.39 is 23.8 Å². The fraction of sp³-hybridized carbons (Fsp3) is 0.414. The summed E-state index contributed by atoms with van der Waals surface area (Å²) in [6.45, 7) is 6.84. The molecule has 3 rings (SSSR count). The molecule has 0 fully saturated rings. The van der Waals surface area contributed by atoms with Gasteiger partial charge in [0, 0.05) is 16.3 Å². The van der Waals surface area contributed by atoms with Crippen LogP contribution in [0.1, 0.15) is 55.4 Å².